The average Bonchev–Trinajstić information content (AvgIpc) is 2.28. The molecule has 0 aromatic heterocycles. The number of aliphatic carboxylic acids is 1. The molecule has 0 rings (SSSR count). The monoisotopic (exact) mass is 328 g/mol. The maximum Gasteiger partial charge on any atom is 0.310 e. The van der Waals surface area contributed by atoms with Crippen molar-refractivity contribution < 1.29 is 19.4 Å². The molecule has 0 aromatic rings. The molecule has 0 aliphatic carbocycles. The van der Waals surface area contributed by atoms with E-state index in [1.165, 1.54) is 0 Å². The summed E-state index contributed by atoms with van der Waals surface area (Å²) in [5.74, 6) is -1.07. The number of carboxylic acid groups (broad SMARTS) is 1. The van der Waals surface area contributed by atoms with Gasteiger partial charge >= 0.3 is 11.9 Å². The molecule has 0 saturated carbocycles. The Bertz CT molecular complexity index is 397. The van der Waals surface area contributed by atoms with E-state index in [1.807, 2.05) is 13.8 Å². The van der Waals surface area contributed by atoms with Gasteiger partial charge in [-0.15, -0.1) is 0 Å². The zero-order valence-electron chi connectivity index (χ0n) is 16.3. The number of unbranched alkanes of at least 4 members (excludes halogenated alkanes) is 1. The molecule has 0 radical (unpaired) electrons. The maximum atomic E-state index is 12.7. The number of ether oxygens (including phenoxy) is 1. The van der Waals surface area contributed by atoms with Gasteiger partial charge < -0.3 is 9.84 Å². The topological polar surface area (TPSA) is 63.6 Å². The van der Waals surface area contributed by atoms with Gasteiger partial charge in [-0.25, -0.2) is 0 Å². The first-order valence-electron chi connectivity index (χ1n) is 8.59. The highest BCUT2D eigenvalue weighted by atomic mass is 16.6. The summed E-state index contributed by atoms with van der Waals surface area (Å²) in [5.41, 5.74) is -0.649. The first-order chi connectivity index (χ1) is 10.1. The van der Waals surface area contributed by atoms with Gasteiger partial charge in [-0.2, -0.15) is 0 Å². The highest BCUT2D eigenvalue weighted by Crippen LogP contribution is 2.38. The molecule has 136 valence electrons. The van der Waals surface area contributed by atoms with Crippen LogP contribution in [0.1, 0.15) is 87.5 Å². The van der Waals surface area contributed by atoms with E-state index in [1.54, 1.807) is 0 Å². The lowest BCUT2D eigenvalue weighted by atomic mass is 9.72. The lowest BCUT2D eigenvalue weighted by Crippen LogP contribution is -2.38. The predicted octanol–water partition coefficient (Wildman–Crippen LogP) is 5.05. The molecule has 0 fully saturated rings. The molecule has 1 unspecified atom stereocenters. The number of carboxylic acids is 1. The lowest BCUT2D eigenvalue weighted by molar-refractivity contribution is -0.168. The van der Waals surface area contributed by atoms with Crippen LogP contribution in [0.4, 0.5) is 0 Å². The van der Waals surface area contributed by atoms with Gasteiger partial charge in [0, 0.05) is 6.42 Å². The summed E-state index contributed by atoms with van der Waals surface area (Å²) in [6, 6.07) is 0. The quantitative estimate of drug-likeness (QED) is 0.500. The normalized spacial score (nSPS) is 14.4. The molecular weight excluding hydrogens is 292 g/mol. The molecule has 4 nitrogen and oxygen atoms in total. The Labute approximate surface area is 142 Å². The molecule has 0 aliphatic heterocycles. The van der Waals surface area contributed by atoms with E-state index in [0.717, 1.165) is 12.8 Å². The zero-order valence-corrected chi connectivity index (χ0v) is 16.3. The Kier molecular flexibility index (Phi) is 7.79. The first-order valence-corrected chi connectivity index (χ1v) is 8.59. The Morgan fingerprint density at radius 2 is 1.48 bits per heavy atom. The van der Waals surface area contributed by atoms with Crippen LogP contribution < -0.4 is 0 Å². The van der Waals surface area contributed by atoms with Crippen LogP contribution in [-0.4, -0.2) is 22.6 Å². The molecule has 0 bridgehead atoms. The van der Waals surface area contributed by atoms with Gasteiger partial charge in [-0.1, -0.05) is 41.5 Å². The Morgan fingerprint density at radius 3 is 1.87 bits per heavy atom. The summed E-state index contributed by atoms with van der Waals surface area (Å²) in [7, 11) is 0. The highest BCUT2D eigenvalue weighted by molar-refractivity contribution is 5.73. The van der Waals surface area contributed by atoms with Crippen LogP contribution in [-0.2, 0) is 14.3 Å². The minimum absolute atomic E-state index is 0.0581. The average molecular weight is 328 g/mol. The predicted molar refractivity (Wildman–Crippen MR) is 93.3 cm³/mol. The van der Waals surface area contributed by atoms with Crippen molar-refractivity contribution in [1.82, 2.24) is 0 Å². The molecule has 0 aromatic carbocycles. The van der Waals surface area contributed by atoms with E-state index in [0.29, 0.717) is 12.8 Å². The van der Waals surface area contributed by atoms with Crippen molar-refractivity contribution in [3.63, 3.8) is 0 Å². The maximum absolute atomic E-state index is 12.7. The number of carbonyl (C=O) groups is 2. The standard InChI is InChI=1S/C19H36O4/c1-17(2,3)13-14(18(4,5)6)16(22)23-19(7,8)12-10-9-11-15(20)21/h14H,9-13H2,1-8H3,(H,20,21). The minimum atomic E-state index is -0.780. The Hall–Kier alpha value is -1.06. The second-order valence-electron chi connectivity index (χ2n) is 9.47. The van der Waals surface area contributed by atoms with Crippen molar-refractivity contribution in [2.45, 2.75) is 93.1 Å². The van der Waals surface area contributed by atoms with E-state index < -0.39 is 11.6 Å². The van der Waals surface area contributed by atoms with Crippen molar-refractivity contribution in [2.75, 3.05) is 0 Å². The SMILES string of the molecule is CC(C)(C)CC(C(=O)OC(C)(C)CCCCC(=O)O)C(C)(C)C. The minimum Gasteiger partial charge on any atom is -0.481 e. The van der Waals surface area contributed by atoms with Gasteiger partial charge in [0.2, 0.25) is 0 Å². The molecule has 0 heterocycles. The third-order valence-electron chi connectivity index (χ3n) is 3.94. The highest BCUT2D eigenvalue weighted by Gasteiger charge is 2.38. The molecule has 0 amide bonds. The number of rotatable bonds is 8. The lowest BCUT2D eigenvalue weighted by Gasteiger charge is -2.36. The van der Waals surface area contributed by atoms with Crippen molar-refractivity contribution in [2.24, 2.45) is 16.7 Å². The third-order valence-corrected chi connectivity index (χ3v) is 3.94. The zero-order chi connectivity index (χ0) is 18.5. The second-order valence-corrected chi connectivity index (χ2v) is 9.47. The molecule has 1 atom stereocenters. The van der Waals surface area contributed by atoms with Gasteiger partial charge in [-0.05, 0) is 50.4 Å². The van der Waals surface area contributed by atoms with Crippen molar-refractivity contribution in [3.8, 4) is 0 Å². The largest absolute Gasteiger partial charge is 0.481 e. The van der Waals surface area contributed by atoms with Gasteiger partial charge in [0.1, 0.15) is 5.60 Å². The number of hydrogen-bond donors (Lipinski definition) is 1. The van der Waals surface area contributed by atoms with Crippen LogP contribution >= 0.6 is 0 Å². The fourth-order valence-electron chi connectivity index (χ4n) is 2.58. The van der Waals surface area contributed by atoms with Gasteiger partial charge in [0.05, 0.1) is 5.92 Å². The fourth-order valence-corrected chi connectivity index (χ4v) is 2.58. The summed E-state index contributed by atoms with van der Waals surface area (Å²) in [4.78, 5) is 23.3. The Morgan fingerprint density at radius 1 is 0.957 bits per heavy atom. The van der Waals surface area contributed by atoms with E-state index in [2.05, 4.69) is 41.5 Å². The first kappa shape index (κ1) is 21.9. The van der Waals surface area contributed by atoms with Crippen molar-refractivity contribution in [3.05, 3.63) is 0 Å². The van der Waals surface area contributed by atoms with E-state index in [4.69, 9.17) is 9.84 Å². The van der Waals surface area contributed by atoms with Crippen LogP contribution in [0.5, 0.6) is 0 Å². The van der Waals surface area contributed by atoms with E-state index >= 15 is 0 Å². The second kappa shape index (κ2) is 8.16. The number of carbonyl (C=O) groups excluding carboxylic acids is 1. The molecule has 0 aliphatic rings. The van der Waals surface area contributed by atoms with Crippen LogP contribution in [0.3, 0.4) is 0 Å². The summed E-state index contributed by atoms with van der Waals surface area (Å²) in [5, 5.41) is 8.67. The van der Waals surface area contributed by atoms with Crippen LogP contribution in [0.15, 0.2) is 0 Å². The van der Waals surface area contributed by atoms with E-state index in [9.17, 15) is 9.59 Å². The molecule has 0 spiro atoms. The molecule has 4 heteroatoms. The van der Waals surface area contributed by atoms with Crippen LogP contribution in [0.25, 0.3) is 0 Å². The van der Waals surface area contributed by atoms with Crippen molar-refractivity contribution >= 4 is 11.9 Å². The number of esters is 1. The number of hydrogen-bond acceptors (Lipinski definition) is 3. The molecule has 23 heavy (non-hydrogen) atoms. The fraction of sp³-hybridized carbons (Fsp3) is 0.895. The van der Waals surface area contributed by atoms with Gasteiger partial charge in [0.15, 0.2) is 0 Å². The smallest absolute Gasteiger partial charge is 0.310 e. The molecular formula is C19H36O4. The van der Waals surface area contributed by atoms with Crippen LogP contribution in [0.2, 0.25) is 0 Å². The summed E-state index contributed by atoms with van der Waals surface area (Å²) >= 11 is 0. The third kappa shape index (κ3) is 10.4. The summed E-state index contributed by atoms with van der Waals surface area (Å²) in [6.45, 7) is 16.4. The van der Waals surface area contributed by atoms with Crippen molar-refractivity contribution in [1.29, 1.82) is 0 Å². The molecule has 1 N–H and O–H groups in total. The van der Waals surface area contributed by atoms with Crippen LogP contribution in [0, 0.1) is 16.7 Å². The summed E-state index contributed by atoms with van der Waals surface area (Å²) < 4.78 is 5.79. The molecule has 0 saturated heterocycles. The summed E-state index contributed by atoms with van der Waals surface area (Å²) in [6.07, 6.45) is 2.98. The van der Waals surface area contributed by atoms with Gasteiger partial charge in [0.25, 0.3) is 0 Å². The Balaban J connectivity index is 4.73. The van der Waals surface area contributed by atoms with E-state index in [-0.39, 0.29) is 29.1 Å². The van der Waals surface area contributed by atoms with Gasteiger partial charge in [-0.3, -0.25) is 9.59 Å².